The first-order chi connectivity index (χ1) is 9.45. The van der Waals surface area contributed by atoms with Crippen LogP contribution in [-0.2, 0) is 4.79 Å². The number of nitrogens with two attached hydrogens (primary N) is 1. The maximum Gasteiger partial charge on any atom is 0.248 e. The molecule has 0 saturated heterocycles. The van der Waals surface area contributed by atoms with Crippen molar-refractivity contribution in [3.63, 3.8) is 0 Å². The molecule has 1 aliphatic rings. The molecule has 0 saturated carbocycles. The number of hydrogen-bond acceptors (Lipinski definition) is 4. The van der Waals surface area contributed by atoms with Crippen LogP contribution in [0.15, 0.2) is 34.5 Å². The molecule has 0 unspecified atom stereocenters. The number of amides is 1. The molecule has 0 bridgehead atoms. The Morgan fingerprint density at radius 2 is 2.15 bits per heavy atom. The van der Waals surface area contributed by atoms with Gasteiger partial charge in [0.1, 0.15) is 6.04 Å². The molecule has 1 amide bonds. The first-order valence-corrected chi connectivity index (χ1v) is 7.77. The van der Waals surface area contributed by atoms with Gasteiger partial charge in [-0.05, 0) is 19.2 Å². The highest BCUT2D eigenvalue weighted by molar-refractivity contribution is 8.13. The summed E-state index contributed by atoms with van der Waals surface area (Å²) in [5.74, 6) is -0.528. The Morgan fingerprint density at radius 3 is 2.75 bits per heavy atom. The summed E-state index contributed by atoms with van der Waals surface area (Å²) in [6.07, 6.45) is 1.89. The van der Waals surface area contributed by atoms with Gasteiger partial charge in [0.05, 0.1) is 15.6 Å². The summed E-state index contributed by atoms with van der Waals surface area (Å²) >= 11 is 13.7. The number of hydrogen-bond donors (Lipinski definition) is 2. The second kappa shape index (κ2) is 6.08. The van der Waals surface area contributed by atoms with Crippen LogP contribution in [0, 0.1) is 0 Å². The lowest BCUT2D eigenvalue weighted by Gasteiger charge is -2.25. The summed E-state index contributed by atoms with van der Waals surface area (Å²) in [4.78, 5) is 16.2. The van der Waals surface area contributed by atoms with Gasteiger partial charge in [0.15, 0.2) is 5.17 Å². The second-order valence-electron chi connectivity index (χ2n) is 4.21. The van der Waals surface area contributed by atoms with E-state index in [1.807, 2.05) is 6.26 Å². The van der Waals surface area contributed by atoms with Crippen LogP contribution in [0.1, 0.15) is 18.5 Å². The third kappa shape index (κ3) is 2.80. The highest BCUT2D eigenvalue weighted by Crippen LogP contribution is 2.38. The lowest BCUT2D eigenvalue weighted by Crippen LogP contribution is -2.32. The number of allylic oxidation sites excluding steroid dienone is 1. The Bertz CT molecular complexity index is 628. The number of nitrogens with one attached hydrogen (secondary N) is 1. The molecule has 0 spiro atoms. The summed E-state index contributed by atoms with van der Waals surface area (Å²) < 4.78 is 0. The van der Waals surface area contributed by atoms with Crippen LogP contribution in [0.25, 0.3) is 0 Å². The van der Waals surface area contributed by atoms with E-state index in [9.17, 15) is 4.79 Å². The Balaban J connectivity index is 2.60. The van der Waals surface area contributed by atoms with Gasteiger partial charge in [-0.3, -0.25) is 4.79 Å². The van der Waals surface area contributed by atoms with Gasteiger partial charge in [-0.25, -0.2) is 4.99 Å². The van der Waals surface area contributed by atoms with Crippen molar-refractivity contribution in [3.8, 4) is 0 Å². The van der Waals surface area contributed by atoms with Crippen molar-refractivity contribution >= 4 is 46.0 Å². The third-order valence-corrected chi connectivity index (χ3v) is 4.38. The normalized spacial score (nSPS) is 18.6. The van der Waals surface area contributed by atoms with Crippen LogP contribution in [0.5, 0.6) is 0 Å². The van der Waals surface area contributed by atoms with Crippen LogP contribution in [-0.4, -0.2) is 17.3 Å². The highest BCUT2D eigenvalue weighted by Gasteiger charge is 2.29. The van der Waals surface area contributed by atoms with E-state index in [0.717, 1.165) is 0 Å². The van der Waals surface area contributed by atoms with Crippen molar-refractivity contribution in [2.45, 2.75) is 13.0 Å². The number of thioether (sulfide) groups is 1. The van der Waals surface area contributed by atoms with Gasteiger partial charge in [0.25, 0.3) is 0 Å². The maximum atomic E-state index is 11.7. The summed E-state index contributed by atoms with van der Waals surface area (Å²) in [6, 6.07) is 4.71. The van der Waals surface area contributed by atoms with Crippen molar-refractivity contribution in [1.29, 1.82) is 0 Å². The average Bonchev–Trinajstić information content (AvgIpc) is 2.40. The number of aliphatic imine (C=N–C) groups is 1. The van der Waals surface area contributed by atoms with Crippen molar-refractivity contribution in [2.75, 3.05) is 6.26 Å². The zero-order valence-electron chi connectivity index (χ0n) is 10.9. The molecule has 106 valence electrons. The van der Waals surface area contributed by atoms with E-state index in [0.29, 0.717) is 32.0 Å². The van der Waals surface area contributed by atoms with Gasteiger partial charge in [0.2, 0.25) is 5.91 Å². The smallest absolute Gasteiger partial charge is 0.248 e. The number of primary amides is 1. The van der Waals surface area contributed by atoms with E-state index >= 15 is 0 Å². The van der Waals surface area contributed by atoms with Gasteiger partial charge in [-0.2, -0.15) is 0 Å². The van der Waals surface area contributed by atoms with Crippen LogP contribution in [0.3, 0.4) is 0 Å². The minimum atomic E-state index is -0.539. The van der Waals surface area contributed by atoms with Crippen molar-refractivity contribution in [2.24, 2.45) is 10.7 Å². The van der Waals surface area contributed by atoms with E-state index in [1.165, 1.54) is 11.8 Å². The van der Waals surface area contributed by atoms with Gasteiger partial charge in [0, 0.05) is 11.3 Å². The van der Waals surface area contributed by atoms with E-state index in [1.54, 1.807) is 25.1 Å². The van der Waals surface area contributed by atoms with Crippen LogP contribution in [0.2, 0.25) is 10.0 Å². The lowest BCUT2D eigenvalue weighted by atomic mass is 9.96. The molecule has 7 heteroatoms. The summed E-state index contributed by atoms with van der Waals surface area (Å²) in [6.45, 7) is 1.79. The fourth-order valence-corrected chi connectivity index (χ4v) is 2.90. The number of amidine groups is 1. The molecule has 1 atom stereocenters. The molecular weight excluding hydrogens is 317 g/mol. The first kappa shape index (κ1) is 15.2. The quantitative estimate of drug-likeness (QED) is 0.875. The van der Waals surface area contributed by atoms with Crippen molar-refractivity contribution in [1.82, 2.24) is 5.32 Å². The van der Waals surface area contributed by atoms with E-state index < -0.39 is 11.9 Å². The number of carbonyl (C=O) groups is 1. The summed E-state index contributed by atoms with van der Waals surface area (Å²) in [7, 11) is 0. The van der Waals surface area contributed by atoms with Crippen molar-refractivity contribution in [3.05, 3.63) is 45.1 Å². The van der Waals surface area contributed by atoms with E-state index in [4.69, 9.17) is 28.9 Å². The Labute approximate surface area is 131 Å². The van der Waals surface area contributed by atoms with Crippen LogP contribution in [0.4, 0.5) is 0 Å². The monoisotopic (exact) mass is 329 g/mol. The number of rotatable bonds is 2. The molecule has 0 aliphatic carbocycles. The van der Waals surface area contributed by atoms with Gasteiger partial charge in [-0.1, -0.05) is 47.1 Å². The zero-order chi connectivity index (χ0) is 14.9. The number of halogens is 2. The predicted octanol–water partition coefficient (Wildman–Crippen LogP) is 3.12. The topological polar surface area (TPSA) is 67.5 Å². The average molecular weight is 330 g/mol. The van der Waals surface area contributed by atoms with Gasteiger partial charge < -0.3 is 11.1 Å². The summed E-state index contributed by atoms with van der Waals surface area (Å²) in [5.41, 5.74) is 7.21. The lowest BCUT2D eigenvalue weighted by molar-refractivity contribution is -0.114. The molecular formula is C13H13Cl2N3OS. The molecule has 1 aromatic carbocycles. The van der Waals surface area contributed by atoms with Crippen LogP contribution < -0.4 is 11.1 Å². The molecule has 3 N–H and O–H groups in total. The van der Waals surface area contributed by atoms with Gasteiger partial charge in [-0.15, -0.1) is 0 Å². The Hall–Kier alpha value is -1.17. The highest BCUT2D eigenvalue weighted by atomic mass is 35.5. The molecule has 0 radical (unpaired) electrons. The zero-order valence-corrected chi connectivity index (χ0v) is 13.2. The molecule has 0 aromatic heterocycles. The molecule has 0 fully saturated rings. The largest absolute Gasteiger partial charge is 0.366 e. The SMILES string of the molecule is CSC1=N[C@H](c2cccc(Cl)c2Cl)C(C(N)=O)=C(C)N1. The molecule has 1 aliphatic heterocycles. The van der Waals surface area contributed by atoms with E-state index in [2.05, 4.69) is 10.3 Å². The minimum Gasteiger partial charge on any atom is -0.366 e. The Morgan fingerprint density at radius 1 is 1.45 bits per heavy atom. The molecule has 20 heavy (non-hydrogen) atoms. The third-order valence-electron chi connectivity index (χ3n) is 2.95. The fraction of sp³-hybridized carbons (Fsp3) is 0.231. The van der Waals surface area contributed by atoms with Crippen molar-refractivity contribution < 1.29 is 4.79 Å². The fourth-order valence-electron chi connectivity index (χ4n) is 2.03. The van der Waals surface area contributed by atoms with Crippen LogP contribution >= 0.6 is 35.0 Å². The predicted molar refractivity (Wildman–Crippen MR) is 85.2 cm³/mol. The Kier molecular flexibility index (Phi) is 4.62. The second-order valence-corrected chi connectivity index (χ2v) is 5.79. The standard InChI is InChI=1S/C13H13Cl2N3OS/c1-6-9(12(16)19)11(18-13(17-6)20-2)7-4-3-5-8(14)10(7)15/h3-5,11H,1-2H3,(H2,16,19)(H,17,18)/t11-/m1/s1. The first-order valence-electron chi connectivity index (χ1n) is 5.79. The number of nitrogens with zero attached hydrogens (tertiary/aromatic N) is 1. The molecule has 1 heterocycles. The minimum absolute atomic E-state index is 0.386. The number of carbonyl (C=O) groups excluding carboxylic acids is 1. The molecule has 1 aromatic rings. The molecule has 2 rings (SSSR count). The maximum absolute atomic E-state index is 11.7. The summed E-state index contributed by atoms with van der Waals surface area (Å²) in [5, 5.41) is 4.56. The van der Waals surface area contributed by atoms with E-state index in [-0.39, 0.29) is 0 Å². The molecule has 4 nitrogen and oxygen atoms in total. The van der Waals surface area contributed by atoms with Gasteiger partial charge >= 0.3 is 0 Å². The number of benzene rings is 1.